The van der Waals surface area contributed by atoms with Gasteiger partial charge in [-0.3, -0.25) is 0 Å². The van der Waals surface area contributed by atoms with Gasteiger partial charge in [-0.05, 0) is 38.0 Å². The summed E-state index contributed by atoms with van der Waals surface area (Å²) in [6, 6.07) is 4.84. The topological polar surface area (TPSA) is 67.8 Å². The van der Waals surface area contributed by atoms with Crippen molar-refractivity contribution in [3.05, 3.63) is 39.8 Å². The van der Waals surface area contributed by atoms with E-state index in [9.17, 15) is 8.78 Å². The lowest BCUT2D eigenvalue weighted by Crippen LogP contribution is -2.36. The van der Waals surface area contributed by atoms with Crippen LogP contribution in [-0.2, 0) is 19.5 Å². The highest BCUT2D eigenvalue weighted by Crippen LogP contribution is 2.30. The molecule has 0 aliphatic rings. The van der Waals surface area contributed by atoms with E-state index < -0.39 is 6.61 Å². The van der Waals surface area contributed by atoms with Crippen molar-refractivity contribution in [2.24, 2.45) is 4.99 Å². The molecule has 1 aromatic carbocycles. The van der Waals surface area contributed by atoms with Crippen LogP contribution in [0.4, 0.5) is 8.78 Å². The van der Waals surface area contributed by atoms with E-state index in [1.165, 1.54) is 10.9 Å². The molecule has 0 fully saturated rings. The molecular weight excluding hydrogens is 513 g/mol. The van der Waals surface area contributed by atoms with Crippen LogP contribution >= 0.6 is 35.3 Å². The zero-order valence-corrected chi connectivity index (χ0v) is 19.9. The third kappa shape index (κ3) is 8.69. The molecule has 0 aliphatic heterocycles. The molecule has 0 spiro atoms. The maximum Gasteiger partial charge on any atom is 0.387 e. The van der Waals surface area contributed by atoms with Crippen LogP contribution in [0.2, 0.25) is 0 Å². The summed E-state index contributed by atoms with van der Waals surface area (Å²) in [4.78, 5) is 10.2. The number of aromatic nitrogens is 1. The molecule has 1 aromatic heterocycles. The number of aryl methyl sites for hydroxylation is 1. The second-order valence-electron chi connectivity index (χ2n) is 5.72. The molecule has 162 valence electrons. The van der Waals surface area contributed by atoms with Gasteiger partial charge in [-0.2, -0.15) is 8.78 Å². The van der Waals surface area contributed by atoms with Gasteiger partial charge in [0.1, 0.15) is 5.01 Å². The molecule has 0 aliphatic carbocycles. The predicted octanol–water partition coefficient (Wildman–Crippen LogP) is 4.58. The summed E-state index contributed by atoms with van der Waals surface area (Å²) in [5.74, 6) is 0.954. The summed E-state index contributed by atoms with van der Waals surface area (Å²) in [7, 11) is 0. The highest BCUT2D eigenvalue weighted by atomic mass is 127. The van der Waals surface area contributed by atoms with Crippen LogP contribution in [0.25, 0.3) is 0 Å². The van der Waals surface area contributed by atoms with Gasteiger partial charge in [0.05, 0.1) is 19.7 Å². The van der Waals surface area contributed by atoms with Crippen molar-refractivity contribution in [3.63, 3.8) is 0 Å². The summed E-state index contributed by atoms with van der Waals surface area (Å²) in [5.41, 5.74) is 0.824. The van der Waals surface area contributed by atoms with Crippen LogP contribution in [0.5, 0.6) is 11.5 Å². The van der Waals surface area contributed by atoms with Crippen LogP contribution in [0, 0.1) is 0 Å². The Morgan fingerprint density at radius 3 is 2.62 bits per heavy atom. The van der Waals surface area contributed by atoms with Crippen LogP contribution < -0.4 is 20.1 Å². The number of thiazole rings is 1. The monoisotopic (exact) mass is 540 g/mol. The summed E-state index contributed by atoms with van der Waals surface area (Å²) in [6.07, 6.45) is 2.86. The Morgan fingerprint density at radius 1 is 1.21 bits per heavy atom. The highest BCUT2D eigenvalue weighted by Gasteiger charge is 2.11. The molecule has 0 amide bonds. The number of hydrogen-bond acceptors (Lipinski definition) is 5. The summed E-state index contributed by atoms with van der Waals surface area (Å²) < 4.78 is 34.9. The molecule has 0 saturated carbocycles. The number of nitrogens with zero attached hydrogens (tertiary/aromatic N) is 2. The summed E-state index contributed by atoms with van der Waals surface area (Å²) in [5, 5.41) is 7.43. The maximum atomic E-state index is 12.5. The molecule has 2 rings (SSSR count). The van der Waals surface area contributed by atoms with Crippen molar-refractivity contribution in [1.82, 2.24) is 15.6 Å². The Hall–Kier alpha value is -1.69. The minimum Gasteiger partial charge on any atom is -0.490 e. The van der Waals surface area contributed by atoms with E-state index in [0.717, 1.165) is 23.5 Å². The third-order valence-corrected chi connectivity index (χ3v) is 4.79. The minimum atomic E-state index is -2.90. The van der Waals surface area contributed by atoms with E-state index in [-0.39, 0.29) is 35.5 Å². The van der Waals surface area contributed by atoms with Gasteiger partial charge in [-0.15, -0.1) is 35.3 Å². The average molecular weight is 540 g/mol. The number of ether oxygens (including phenoxy) is 2. The number of halogens is 3. The Labute approximate surface area is 191 Å². The van der Waals surface area contributed by atoms with Gasteiger partial charge >= 0.3 is 6.61 Å². The van der Waals surface area contributed by atoms with E-state index in [4.69, 9.17) is 4.74 Å². The fourth-order valence-electron chi connectivity index (χ4n) is 2.38. The molecule has 10 heteroatoms. The number of rotatable bonds is 10. The Bertz CT molecular complexity index is 774. The fraction of sp³-hybridized carbons (Fsp3) is 0.474. The first-order valence-electron chi connectivity index (χ1n) is 9.21. The van der Waals surface area contributed by atoms with Gasteiger partial charge in [-0.1, -0.05) is 13.0 Å². The molecule has 2 N–H and O–H groups in total. The van der Waals surface area contributed by atoms with Gasteiger partial charge in [0, 0.05) is 17.6 Å². The lowest BCUT2D eigenvalue weighted by Gasteiger charge is -2.13. The first-order chi connectivity index (χ1) is 13.5. The second-order valence-corrected chi connectivity index (χ2v) is 6.91. The van der Waals surface area contributed by atoms with Crippen molar-refractivity contribution in [1.29, 1.82) is 0 Å². The molecule has 6 nitrogen and oxygen atoms in total. The number of aliphatic imine (C=N–C) groups is 1. The van der Waals surface area contributed by atoms with E-state index in [1.54, 1.807) is 30.4 Å². The fourth-order valence-corrected chi connectivity index (χ4v) is 3.18. The zero-order valence-electron chi connectivity index (χ0n) is 16.7. The highest BCUT2D eigenvalue weighted by molar-refractivity contribution is 14.0. The number of benzene rings is 1. The lowest BCUT2D eigenvalue weighted by atomic mass is 10.2. The molecule has 0 unspecified atom stereocenters. The van der Waals surface area contributed by atoms with Gasteiger partial charge in [-0.25, -0.2) is 9.98 Å². The first kappa shape index (κ1) is 25.3. The molecule has 0 atom stereocenters. The summed E-state index contributed by atoms with van der Waals surface area (Å²) >= 11 is 1.67. The molecule has 0 radical (unpaired) electrons. The van der Waals surface area contributed by atoms with Crippen molar-refractivity contribution in [2.75, 3.05) is 13.2 Å². The standard InChI is InChI=1S/C19H26F2N4O2S.HI/c1-4-14-11-23-17(28-14)12-25-19(22-5-2)24-10-13-7-8-15(27-18(20)21)16(9-13)26-6-3;/h7-9,11,18H,4-6,10,12H2,1-3H3,(H2,22,24,25);1H. The quantitative estimate of drug-likeness (QED) is 0.263. The number of hydrogen-bond donors (Lipinski definition) is 2. The number of guanidine groups is 1. The minimum absolute atomic E-state index is 0. The molecular formula is C19H27F2IN4O2S. The molecule has 1 heterocycles. The number of alkyl halides is 2. The molecule has 2 aromatic rings. The van der Waals surface area contributed by atoms with Crippen molar-refractivity contribution in [2.45, 2.75) is 46.9 Å². The van der Waals surface area contributed by atoms with Crippen LogP contribution in [0.15, 0.2) is 29.4 Å². The number of nitrogens with one attached hydrogen (secondary N) is 2. The van der Waals surface area contributed by atoms with Gasteiger partial charge in [0.25, 0.3) is 0 Å². The molecule has 0 bridgehead atoms. The Balaban J connectivity index is 0.00000420. The van der Waals surface area contributed by atoms with Gasteiger partial charge in [0.2, 0.25) is 0 Å². The van der Waals surface area contributed by atoms with Gasteiger partial charge < -0.3 is 20.1 Å². The predicted molar refractivity (Wildman–Crippen MR) is 123 cm³/mol. The second kappa shape index (κ2) is 13.5. The van der Waals surface area contributed by atoms with Crippen molar-refractivity contribution in [3.8, 4) is 11.5 Å². The van der Waals surface area contributed by atoms with E-state index >= 15 is 0 Å². The largest absolute Gasteiger partial charge is 0.490 e. The Morgan fingerprint density at radius 2 is 2.00 bits per heavy atom. The van der Waals surface area contributed by atoms with Crippen LogP contribution in [0.1, 0.15) is 36.2 Å². The smallest absolute Gasteiger partial charge is 0.387 e. The van der Waals surface area contributed by atoms with E-state index in [2.05, 4.69) is 32.3 Å². The van der Waals surface area contributed by atoms with Gasteiger partial charge in [0.15, 0.2) is 17.5 Å². The van der Waals surface area contributed by atoms with Crippen LogP contribution in [-0.4, -0.2) is 30.7 Å². The zero-order chi connectivity index (χ0) is 20.4. The summed E-state index contributed by atoms with van der Waals surface area (Å²) in [6.45, 7) is 4.99. The van der Waals surface area contributed by atoms with Crippen molar-refractivity contribution >= 4 is 41.3 Å². The normalized spacial score (nSPS) is 11.2. The lowest BCUT2D eigenvalue weighted by molar-refractivity contribution is -0.0514. The molecule has 0 saturated heterocycles. The SMILES string of the molecule is CCNC(=NCc1ccc(OC(F)F)c(OCC)c1)NCc1ncc(CC)s1.I. The first-order valence-corrected chi connectivity index (χ1v) is 10.0. The van der Waals surface area contributed by atoms with E-state index in [0.29, 0.717) is 25.7 Å². The third-order valence-electron chi connectivity index (χ3n) is 3.64. The maximum absolute atomic E-state index is 12.5. The molecule has 29 heavy (non-hydrogen) atoms. The Kier molecular flexibility index (Phi) is 11.8. The van der Waals surface area contributed by atoms with Crippen LogP contribution in [0.3, 0.4) is 0 Å². The van der Waals surface area contributed by atoms with Crippen molar-refractivity contribution < 1.29 is 18.3 Å². The average Bonchev–Trinajstić information content (AvgIpc) is 3.14. The van der Waals surface area contributed by atoms with E-state index in [1.807, 2.05) is 13.1 Å².